The minimum absolute atomic E-state index is 0.136. The van der Waals surface area contributed by atoms with Crippen molar-refractivity contribution in [3.63, 3.8) is 0 Å². The third kappa shape index (κ3) is 5.71. The third-order valence-corrected chi connectivity index (χ3v) is 6.21. The predicted molar refractivity (Wildman–Crippen MR) is 125 cm³/mol. The van der Waals surface area contributed by atoms with Gasteiger partial charge in [0.15, 0.2) is 0 Å². The number of piperazine rings is 1. The second-order valence-electron chi connectivity index (χ2n) is 7.17. The van der Waals surface area contributed by atoms with Gasteiger partial charge in [0.2, 0.25) is 11.8 Å². The highest BCUT2D eigenvalue weighted by molar-refractivity contribution is 7.99. The molecule has 4 rings (SSSR count). The number of hydrogen-bond acceptors (Lipinski definition) is 7. The first kappa shape index (κ1) is 22.0. The fraction of sp³-hybridized carbons (Fsp3) is 0.286. The number of nitrogens with zero attached hydrogens (tertiary/aromatic N) is 4. The summed E-state index contributed by atoms with van der Waals surface area (Å²) in [5.74, 6) is 0.345. The minimum Gasteiger partial charge on any atom is -0.411 e. The molecular weight excluding hydrogens is 457 g/mol. The van der Waals surface area contributed by atoms with Crippen LogP contribution < -0.4 is 10.2 Å². The molecule has 1 fully saturated rings. The molecule has 2 heterocycles. The van der Waals surface area contributed by atoms with Crippen LogP contribution in [0, 0.1) is 0 Å². The molecule has 162 valence electrons. The number of benzene rings is 2. The number of rotatable bonds is 6. The van der Waals surface area contributed by atoms with Gasteiger partial charge >= 0.3 is 0 Å². The lowest BCUT2D eigenvalue weighted by molar-refractivity contribution is -0.113. The number of halogens is 2. The Morgan fingerprint density at radius 2 is 1.77 bits per heavy atom. The molecule has 0 bridgehead atoms. The molecule has 2 aromatic carbocycles. The maximum absolute atomic E-state index is 12.6. The van der Waals surface area contributed by atoms with Crippen molar-refractivity contribution in [3.05, 3.63) is 52.5 Å². The van der Waals surface area contributed by atoms with Crippen molar-refractivity contribution in [2.45, 2.75) is 5.22 Å². The number of carbonyl (C=O) groups is 1. The van der Waals surface area contributed by atoms with E-state index in [1.165, 1.54) is 11.8 Å². The summed E-state index contributed by atoms with van der Waals surface area (Å²) >= 11 is 13.3. The summed E-state index contributed by atoms with van der Waals surface area (Å²) in [5, 5.41) is 12.5. The molecule has 10 heteroatoms. The maximum atomic E-state index is 12.6. The van der Waals surface area contributed by atoms with Crippen LogP contribution >= 0.6 is 35.0 Å². The van der Waals surface area contributed by atoms with Gasteiger partial charge in [0, 0.05) is 41.8 Å². The van der Waals surface area contributed by atoms with E-state index in [0.717, 1.165) is 37.4 Å². The summed E-state index contributed by atoms with van der Waals surface area (Å²) in [4.78, 5) is 17.1. The Kier molecular flexibility index (Phi) is 7.02. The smallest absolute Gasteiger partial charge is 0.277 e. The fourth-order valence-corrected chi connectivity index (χ4v) is 4.08. The fourth-order valence-electron chi connectivity index (χ4n) is 3.22. The van der Waals surface area contributed by atoms with Crippen molar-refractivity contribution in [2.24, 2.45) is 0 Å². The van der Waals surface area contributed by atoms with E-state index >= 15 is 0 Å². The topological polar surface area (TPSA) is 74.5 Å². The van der Waals surface area contributed by atoms with E-state index in [1.807, 2.05) is 12.1 Å². The monoisotopic (exact) mass is 477 g/mol. The second kappa shape index (κ2) is 9.91. The largest absolute Gasteiger partial charge is 0.411 e. The minimum atomic E-state index is -0.172. The first-order valence-corrected chi connectivity index (χ1v) is 11.5. The first-order valence-electron chi connectivity index (χ1n) is 9.73. The molecule has 3 aromatic rings. The Bertz CT molecular complexity index is 1050. The molecule has 1 amide bonds. The quantitative estimate of drug-likeness (QED) is 0.522. The summed E-state index contributed by atoms with van der Waals surface area (Å²) in [6.07, 6.45) is 0. The van der Waals surface area contributed by atoms with Gasteiger partial charge in [-0.05, 0) is 49.5 Å². The van der Waals surface area contributed by atoms with Crippen LogP contribution in [-0.2, 0) is 4.79 Å². The Balaban J connectivity index is 1.38. The van der Waals surface area contributed by atoms with Crippen LogP contribution in [0.1, 0.15) is 0 Å². The molecule has 0 unspecified atom stereocenters. The average Bonchev–Trinajstić information content (AvgIpc) is 3.23. The highest BCUT2D eigenvalue weighted by atomic mass is 35.5. The number of nitrogens with one attached hydrogen (secondary N) is 1. The number of carbonyl (C=O) groups excluding carboxylic acids is 1. The standard InChI is InChI=1S/C21H21Cl2N5O2S/c1-27-8-10-28(11-9-27)18-7-6-16(23)12-17(18)24-19(29)13-31-21-26-25-20(30-21)14-2-4-15(22)5-3-14/h2-7,12H,8-11,13H2,1H3,(H,24,29). The number of hydrogen-bond donors (Lipinski definition) is 1. The van der Waals surface area contributed by atoms with Crippen molar-refractivity contribution >= 4 is 52.2 Å². The SMILES string of the molecule is CN1CCN(c2ccc(Cl)cc2NC(=O)CSc2nnc(-c3ccc(Cl)cc3)o2)CC1. The summed E-state index contributed by atoms with van der Waals surface area (Å²) in [5.41, 5.74) is 2.44. The molecule has 0 radical (unpaired) electrons. The number of aromatic nitrogens is 2. The van der Waals surface area contributed by atoms with Crippen LogP contribution in [-0.4, -0.2) is 60.0 Å². The van der Waals surface area contributed by atoms with Crippen LogP contribution in [0.15, 0.2) is 52.1 Å². The molecule has 31 heavy (non-hydrogen) atoms. The van der Waals surface area contributed by atoms with Crippen LogP contribution in [0.25, 0.3) is 11.5 Å². The molecule has 1 aliphatic rings. The zero-order chi connectivity index (χ0) is 21.8. The Hall–Kier alpha value is -2.26. The van der Waals surface area contributed by atoms with Crippen molar-refractivity contribution < 1.29 is 9.21 Å². The molecule has 0 atom stereocenters. The zero-order valence-electron chi connectivity index (χ0n) is 16.8. The van der Waals surface area contributed by atoms with E-state index < -0.39 is 0 Å². The van der Waals surface area contributed by atoms with E-state index in [2.05, 4.69) is 32.4 Å². The normalized spacial score (nSPS) is 14.6. The van der Waals surface area contributed by atoms with Gasteiger partial charge in [-0.1, -0.05) is 35.0 Å². The van der Waals surface area contributed by atoms with Gasteiger partial charge in [-0.25, -0.2) is 0 Å². The van der Waals surface area contributed by atoms with Crippen molar-refractivity contribution in [1.82, 2.24) is 15.1 Å². The summed E-state index contributed by atoms with van der Waals surface area (Å²) in [6, 6.07) is 12.7. The van der Waals surface area contributed by atoms with E-state index in [4.69, 9.17) is 27.6 Å². The van der Waals surface area contributed by atoms with Crippen molar-refractivity contribution in [3.8, 4) is 11.5 Å². The molecule has 1 aliphatic heterocycles. The maximum Gasteiger partial charge on any atom is 0.277 e. The molecule has 7 nitrogen and oxygen atoms in total. The first-order chi connectivity index (χ1) is 15.0. The predicted octanol–water partition coefficient (Wildman–Crippen LogP) is 4.53. The van der Waals surface area contributed by atoms with Gasteiger partial charge in [0.05, 0.1) is 17.1 Å². The van der Waals surface area contributed by atoms with E-state index in [1.54, 1.807) is 30.3 Å². The van der Waals surface area contributed by atoms with Gasteiger partial charge in [0.25, 0.3) is 5.22 Å². The van der Waals surface area contributed by atoms with Crippen LogP contribution in [0.5, 0.6) is 0 Å². The zero-order valence-corrected chi connectivity index (χ0v) is 19.2. The van der Waals surface area contributed by atoms with E-state index in [0.29, 0.717) is 26.8 Å². The second-order valence-corrected chi connectivity index (χ2v) is 8.97. The highest BCUT2D eigenvalue weighted by Crippen LogP contribution is 2.31. The third-order valence-electron chi connectivity index (χ3n) is 4.90. The number of anilines is 2. The van der Waals surface area contributed by atoms with Gasteiger partial charge in [-0.15, -0.1) is 10.2 Å². The van der Waals surface area contributed by atoms with Gasteiger partial charge in [0.1, 0.15) is 0 Å². The number of thioether (sulfide) groups is 1. The van der Waals surface area contributed by atoms with Gasteiger partial charge in [-0.3, -0.25) is 4.79 Å². The van der Waals surface area contributed by atoms with Crippen LogP contribution in [0.2, 0.25) is 10.0 Å². The van der Waals surface area contributed by atoms with Gasteiger partial charge in [-0.2, -0.15) is 0 Å². The highest BCUT2D eigenvalue weighted by Gasteiger charge is 2.19. The average molecular weight is 478 g/mol. The lowest BCUT2D eigenvalue weighted by Crippen LogP contribution is -2.44. The summed E-state index contributed by atoms with van der Waals surface area (Å²) in [7, 11) is 2.11. The molecule has 0 saturated carbocycles. The van der Waals surface area contributed by atoms with Crippen molar-refractivity contribution in [1.29, 1.82) is 0 Å². The lowest BCUT2D eigenvalue weighted by atomic mass is 10.2. The van der Waals surface area contributed by atoms with E-state index in [-0.39, 0.29) is 11.7 Å². The molecule has 1 aromatic heterocycles. The van der Waals surface area contributed by atoms with Crippen LogP contribution in [0.4, 0.5) is 11.4 Å². The lowest BCUT2D eigenvalue weighted by Gasteiger charge is -2.35. The Morgan fingerprint density at radius 3 is 2.52 bits per heavy atom. The Morgan fingerprint density at radius 1 is 1.06 bits per heavy atom. The number of likely N-dealkylation sites (N-methyl/N-ethyl adjacent to an activating group) is 1. The molecule has 0 aliphatic carbocycles. The summed E-state index contributed by atoms with van der Waals surface area (Å²) < 4.78 is 5.64. The van der Waals surface area contributed by atoms with Crippen LogP contribution in [0.3, 0.4) is 0 Å². The number of amides is 1. The molecule has 1 N–H and O–H groups in total. The Labute approximate surface area is 194 Å². The summed E-state index contributed by atoms with van der Waals surface area (Å²) in [6.45, 7) is 3.73. The van der Waals surface area contributed by atoms with Gasteiger partial charge < -0.3 is 19.5 Å². The van der Waals surface area contributed by atoms with Crippen molar-refractivity contribution in [2.75, 3.05) is 49.2 Å². The molecular formula is C21H21Cl2N5O2S. The van der Waals surface area contributed by atoms with E-state index in [9.17, 15) is 4.79 Å². The molecule has 0 spiro atoms. The molecule has 1 saturated heterocycles.